The van der Waals surface area contributed by atoms with Gasteiger partial charge in [-0.2, -0.15) is 15.0 Å². The van der Waals surface area contributed by atoms with E-state index in [1.807, 2.05) is 14.0 Å². The molecule has 0 amide bonds. The predicted molar refractivity (Wildman–Crippen MR) is 80.4 cm³/mol. The summed E-state index contributed by atoms with van der Waals surface area (Å²) in [7, 11) is 1.81. The lowest BCUT2D eigenvalue weighted by atomic mass is 10.1. The molecule has 1 aromatic heterocycles. The molecular formula is C14H25N5O. The van der Waals surface area contributed by atoms with Gasteiger partial charge in [0.1, 0.15) is 0 Å². The Kier molecular flexibility index (Phi) is 4.98. The summed E-state index contributed by atoms with van der Waals surface area (Å²) in [6, 6.07) is 0.979. The number of hydrogen-bond acceptors (Lipinski definition) is 6. The molecular weight excluding hydrogens is 254 g/mol. The second kappa shape index (κ2) is 6.72. The average Bonchev–Trinajstić information content (AvgIpc) is 3.23. The normalized spacial score (nSPS) is 14.4. The fraction of sp³-hybridized carbons (Fsp3) is 0.786. The first-order valence-electron chi connectivity index (χ1n) is 7.47. The van der Waals surface area contributed by atoms with Gasteiger partial charge in [0.2, 0.25) is 11.9 Å². The van der Waals surface area contributed by atoms with Gasteiger partial charge in [-0.15, -0.1) is 0 Å². The Morgan fingerprint density at radius 2 is 2.05 bits per heavy atom. The summed E-state index contributed by atoms with van der Waals surface area (Å²) in [6.45, 7) is 7.95. The van der Waals surface area contributed by atoms with E-state index in [4.69, 9.17) is 4.74 Å². The Balaban J connectivity index is 2.19. The summed E-state index contributed by atoms with van der Waals surface area (Å²) >= 11 is 0. The Hall–Kier alpha value is -1.59. The molecule has 0 bridgehead atoms. The number of nitrogens with zero attached hydrogens (tertiary/aromatic N) is 4. The van der Waals surface area contributed by atoms with Gasteiger partial charge < -0.3 is 15.0 Å². The van der Waals surface area contributed by atoms with Gasteiger partial charge >= 0.3 is 6.01 Å². The summed E-state index contributed by atoms with van der Waals surface area (Å²) in [5.74, 6) is 1.97. The van der Waals surface area contributed by atoms with Gasteiger partial charge in [0.05, 0.1) is 6.61 Å². The van der Waals surface area contributed by atoms with E-state index in [1.54, 1.807) is 0 Å². The maximum atomic E-state index is 5.44. The van der Waals surface area contributed by atoms with Gasteiger partial charge in [0, 0.05) is 19.6 Å². The maximum Gasteiger partial charge on any atom is 0.323 e. The molecule has 2 rings (SSSR count). The minimum absolute atomic E-state index is 0.400. The molecule has 112 valence electrons. The van der Waals surface area contributed by atoms with Crippen LogP contribution >= 0.6 is 0 Å². The van der Waals surface area contributed by atoms with E-state index in [0.29, 0.717) is 30.5 Å². The second-order valence-electron chi connectivity index (χ2n) is 5.53. The van der Waals surface area contributed by atoms with E-state index in [-0.39, 0.29) is 0 Å². The molecule has 1 heterocycles. The zero-order chi connectivity index (χ0) is 14.5. The van der Waals surface area contributed by atoms with Crippen molar-refractivity contribution in [1.29, 1.82) is 0 Å². The van der Waals surface area contributed by atoms with Crippen molar-refractivity contribution in [2.24, 2.45) is 5.92 Å². The highest BCUT2D eigenvalue weighted by Gasteiger charge is 2.31. The summed E-state index contributed by atoms with van der Waals surface area (Å²) in [6.07, 6.45) is 3.59. The fourth-order valence-corrected chi connectivity index (χ4v) is 2.01. The van der Waals surface area contributed by atoms with Crippen molar-refractivity contribution in [3.05, 3.63) is 0 Å². The van der Waals surface area contributed by atoms with Gasteiger partial charge in [-0.25, -0.2) is 0 Å². The van der Waals surface area contributed by atoms with Crippen LogP contribution < -0.4 is 15.0 Å². The second-order valence-corrected chi connectivity index (χ2v) is 5.53. The molecule has 1 N–H and O–H groups in total. The lowest BCUT2D eigenvalue weighted by Crippen LogP contribution is -2.30. The molecule has 0 unspecified atom stereocenters. The Bertz CT molecular complexity index is 434. The molecule has 1 aliphatic rings. The number of anilines is 2. The van der Waals surface area contributed by atoms with Crippen molar-refractivity contribution in [2.45, 2.75) is 46.1 Å². The highest BCUT2D eigenvalue weighted by molar-refractivity contribution is 5.40. The molecule has 0 aromatic carbocycles. The third kappa shape index (κ3) is 3.95. The van der Waals surface area contributed by atoms with Crippen LogP contribution in [0.4, 0.5) is 11.9 Å². The van der Waals surface area contributed by atoms with Crippen LogP contribution in [0.1, 0.15) is 40.0 Å². The monoisotopic (exact) mass is 279 g/mol. The molecule has 20 heavy (non-hydrogen) atoms. The molecule has 0 spiro atoms. The van der Waals surface area contributed by atoms with Crippen molar-refractivity contribution >= 4 is 11.9 Å². The third-order valence-corrected chi connectivity index (χ3v) is 3.29. The van der Waals surface area contributed by atoms with Gasteiger partial charge in [-0.1, -0.05) is 13.8 Å². The van der Waals surface area contributed by atoms with Crippen molar-refractivity contribution in [2.75, 3.05) is 30.4 Å². The summed E-state index contributed by atoms with van der Waals surface area (Å²) < 4.78 is 5.44. The van der Waals surface area contributed by atoms with E-state index in [9.17, 15) is 0 Å². The van der Waals surface area contributed by atoms with Gasteiger partial charge in [0.25, 0.3) is 0 Å². The number of hydrogen-bond donors (Lipinski definition) is 1. The van der Waals surface area contributed by atoms with Crippen LogP contribution in [0.15, 0.2) is 0 Å². The molecule has 6 heteroatoms. The summed E-state index contributed by atoms with van der Waals surface area (Å²) in [5.41, 5.74) is 0. The smallest absolute Gasteiger partial charge is 0.323 e. The number of ether oxygens (including phenoxy) is 1. The standard InChI is InChI=1S/C14H25N5O/c1-5-20-14-17-12(15-4)16-13(18-14)19(11-6-7-11)9-8-10(2)3/h10-11H,5-9H2,1-4H3,(H,15,16,17,18). The minimum Gasteiger partial charge on any atom is -0.464 e. The summed E-state index contributed by atoms with van der Waals surface area (Å²) in [5, 5.41) is 2.98. The van der Waals surface area contributed by atoms with Crippen LogP contribution in [0.2, 0.25) is 0 Å². The Labute approximate surface area is 121 Å². The number of aromatic nitrogens is 3. The minimum atomic E-state index is 0.400. The Morgan fingerprint density at radius 3 is 2.60 bits per heavy atom. The zero-order valence-corrected chi connectivity index (χ0v) is 12.9. The van der Waals surface area contributed by atoms with Crippen molar-refractivity contribution in [1.82, 2.24) is 15.0 Å². The maximum absolute atomic E-state index is 5.44. The van der Waals surface area contributed by atoms with Gasteiger partial charge in [-0.3, -0.25) is 0 Å². The third-order valence-electron chi connectivity index (χ3n) is 3.29. The van der Waals surface area contributed by atoms with Crippen LogP contribution in [0.3, 0.4) is 0 Å². The highest BCUT2D eigenvalue weighted by atomic mass is 16.5. The van der Waals surface area contributed by atoms with Crippen LogP contribution in [0, 0.1) is 5.92 Å². The van der Waals surface area contributed by atoms with Crippen molar-refractivity contribution in [3.8, 4) is 6.01 Å². The lowest BCUT2D eigenvalue weighted by Gasteiger charge is -2.23. The molecule has 0 saturated heterocycles. The first kappa shape index (κ1) is 14.8. The molecule has 0 radical (unpaired) electrons. The van der Waals surface area contributed by atoms with Crippen molar-refractivity contribution in [3.63, 3.8) is 0 Å². The average molecular weight is 279 g/mol. The SMILES string of the molecule is CCOc1nc(NC)nc(N(CCC(C)C)C2CC2)n1. The van der Waals surface area contributed by atoms with Crippen LogP contribution in [-0.2, 0) is 0 Å². The fourth-order valence-electron chi connectivity index (χ4n) is 2.01. The van der Waals surface area contributed by atoms with Crippen molar-refractivity contribution < 1.29 is 4.74 Å². The molecule has 6 nitrogen and oxygen atoms in total. The van der Waals surface area contributed by atoms with Crippen LogP contribution in [0.5, 0.6) is 6.01 Å². The number of rotatable bonds is 8. The molecule has 0 aliphatic heterocycles. The molecule has 1 saturated carbocycles. The Morgan fingerprint density at radius 1 is 1.30 bits per heavy atom. The largest absolute Gasteiger partial charge is 0.464 e. The topological polar surface area (TPSA) is 63.2 Å². The van der Waals surface area contributed by atoms with Crippen LogP contribution in [0.25, 0.3) is 0 Å². The predicted octanol–water partition coefficient (Wildman–Crippen LogP) is 2.33. The first-order valence-corrected chi connectivity index (χ1v) is 7.47. The van der Waals surface area contributed by atoms with E-state index in [1.165, 1.54) is 12.8 Å². The van der Waals surface area contributed by atoms with E-state index in [2.05, 4.69) is 39.0 Å². The van der Waals surface area contributed by atoms with E-state index in [0.717, 1.165) is 18.9 Å². The lowest BCUT2D eigenvalue weighted by molar-refractivity contribution is 0.312. The molecule has 1 aromatic rings. The number of nitrogens with one attached hydrogen (secondary N) is 1. The summed E-state index contributed by atoms with van der Waals surface area (Å²) in [4.78, 5) is 15.5. The van der Waals surface area contributed by atoms with E-state index < -0.39 is 0 Å². The molecule has 1 aliphatic carbocycles. The quantitative estimate of drug-likeness (QED) is 0.788. The van der Waals surface area contributed by atoms with E-state index >= 15 is 0 Å². The highest BCUT2D eigenvalue weighted by Crippen LogP contribution is 2.31. The van der Waals surface area contributed by atoms with Crippen LogP contribution in [-0.4, -0.2) is 41.2 Å². The molecule has 0 atom stereocenters. The first-order chi connectivity index (χ1) is 9.63. The van der Waals surface area contributed by atoms with Gasteiger partial charge in [0.15, 0.2) is 0 Å². The molecule has 1 fully saturated rings. The van der Waals surface area contributed by atoms with Gasteiger partial charge in [-0.05, 0) is 32.1 Å². The zero-order valence-electron chi connectivity index (χ0n) is 12.9.